The average molecular weight is 254 g/mol. The van der Waals surface area contributed by atoms with E-state index in [-0.39, 0.29) is 17.7 Å². The monoisotopic (exact) mass is 254 g/mol. The van der Waals surface area contributed by atoms with Crippen LogP contribution in [0.2, 0.25) is 0 Å². The van der Waals surface area contributed by atoms with Crippen LogP contribution in [0.1, 0.15) is 38.5 Å². The van der Waals surface area contributed by atoms with Crippen LogP contribution in [0.5, 0.6) is 0 Å². The molecule has 0 bridgehead atoms. The van der Waals surface area contributed by atoms with E-state index in [1.165, 1.54) is 0 Å². The van der Waals surface area contributed by atoms with E-state index in [9.17, 15) is 9.59 Å². The van der Waals surface area contributed by atoms with Crippen molar-refractivity contribution in [3.05, 3.63) is 0 Å². The minimum Gasteiger partial charge on any atom is -0.481 e. The maximum atomic E-state index is 12.2. The molecular formula is C13H22N2O3. The zero-order chi connectivity index (χ0) is 13.2. The molecule has 0 radical (unpaired) electrons. The number of rotatable bonds is 5. The Bertz CT molecular complexity index is 331. The van der Waals surface area contributed by atoms with E-state index in [1.807, 2.05) is 4.90 Å². The van der Waals surface area contributed by atoms with Crippen molar-refractivity contribution in [2.45, 2.75) is 38.5 Å². The number of carbonyl (C=O) groups excluding carboxylic acids is 1. The number of carbonyl (C=O) groups is 2. The van der Waals surface area contributed by atoms with Crippen LogP contribution in [-0.4, -0.2) is 41.5 Å². The number of piperidine rings is 1. The standard InChI is InChI=1S/C13H22N2O3/c14-9-13(5-6-13)12(18)15-7-3-10(4-8-15)1-2-11(16)17/h10H,1-9,14H2,(H,16,17). The summed E-state index contributed by atoms with van der Waals surface area (Å²) >= 11 is 0. The molecule has 2 fully saturated rings. The predicted octanol–water partition coefficient (Wildman–Crippen LogP) is 0.829. The van der Waals surface area contributed by atoms with Gasteiger partial charge in [0.2, 0.25) is 5.91 Å². The summed E-state index contributed by atoms with van der Waals surface area (Å²) in [6, 6.07) is 0. The molecule has 5 heteroatoms. The summed E-state index contributed by atoms with van der Waals surface area (Å²) in [6.45, 7) is 2.00. The van der Waals surface area contributed by atoms with Gasteiger partial charge in [-0.3, -0.25) is 9.59 Å². The SMILES string of the molecule is NCC1(C(=O)N2CCC(CCC(=O)O)CC2)CC1. The van der Waals surface area contributed by atoms with Gasteiger partial charge in [-0.1, -0.05) is 0 Å². The Morgan fingerprint density at radius 1 is 1.28 bits per heavy atom. The highest BCUT2D eigenvalue weighted by Gasteiger charge is 2.50. The van der Waals surface area contributed by atoms with Crippen molar-refractivity contribution < 1.29 is 14.7 Å². The molecule has 5 nitrogen and oxygen atoms in total. The molecule has 0 aromatic carbocycles. The van der Waals surface area contributed by atoms with Crippen LogP contribution in [0.4, 0.5) is 0 Å². The van der Waals surface area contributed by atoms with Crippen molar-refractivity contribution in [3.8, 4) is 0 Å². The topological polar surface area (TPSA) is 83.6 Å². The number of carboxylic acid groups (broad SMARTS) is 1. The molecule has 0 atom stereocenters. The first-order valence-electron chi connectivity index (χ1n) is 6.79. The lowest BCUT2D eigenvalue weighted by atomic mass is 9.91. The number of nitrogens with zero attached hydrogens (tertiary/aromatic N) is 1. The molecule has 102 valence electrons. The van der Waals surface area contributed by atoms with Gasteiger partial charge >= 0.3 is 5.97 Å². The van der Waals surface area contributed by atoms with E-state index < -0.39 is 5.97 Å². The van der Waals surface area contributed by atoms with Gasteiger partial charge < -0.3 is 15.7 Å². The second-order valence-electron chi connectivity index (χ2n) is 5.65. The second kappa shape index (κ2) is 5.26. The van der Waals surface area contributed by atoms with Gasteiger partial charge in [0.15, 0.2) is 0 Å². The molecule has 0 aromatic rings. The van der Waals surface area contributed by atoms with E-state index in [0.29, 0.717) is 12.5 Å². The molecule has 3 N–H and O–H groups in total. The number of nitrogens with two attached hydrogens (primary N) is 1. The first kappa shape index (κ1) is 13.3. The number of hydrogen-bond acceptors (Lipinski definition) is 3. The molecular weight excluding hydrogens is 232 g/mol. The first-order chi connectivity index (χ1) is 8.57. The molecule has 2 rings (SSSR count). The third-order valence-electron chi connectivity index (χ3n) is 4.37. The van der Waals surface area contributed by atoms with Gasteiger partial charge in [-0.05, 0) is 38.0 Å². The second-order valence-corrected chi connectivity index (χ2v) is 5.65. The van der Waals surface area contributed by atoms with E-state index >= 15 is 0 Å². The zero-order valence-electron chi connectivity index (χ0n) is 10.7. The fourth-order valence-electron chi connectivity index (χ4n) is 2.74. The van der Waals surface area contributed by atoms with Crippen LogP contribution in [0.3, 0.4) is 0 Å². The van der Waals surface area contributed by atoms with Gasteiger partial charge in [-0.15, -0.1) is 0 Å². The Morgan fingerprint density at radius 2 is 1.89 bits per heavy atom. The fraction of sp³-hybridized carbons (Fsp3) is 0.846. The molecule has 2 aliphatic rings. The highest BCUT2D eigenvalue weighted by atomic mass is 16.4. The lowest BCUT2D eigenvalue weighted by molar-refractivity contribution is -0.139. The number of amides is 1. The Hall–Kier alpha value is -1.10. The van der Waals surface area contributed by atoms with E-state index in [2.05, 4.69) is 0 Å². The Balaban J connectivity index is 1.76. The molecule has 0 aromatic heterocycles. The van der Waals surface area contributed by atoms with E-state index in [4.69, 9.17) is 10.8 Å². The van der Waals surface area contributed by atoms with Crippen LogP contribution in [0.25, 0.3) is 0 Å². The van der Waals surface area contributed by atoms with Gasteiger partial charge in [0.05, 0.1) is 5.41 Å². The van der Waals surface area contributed by atoms with Crippen LogP contribution >= 0.6 is 0 Å². The molecule has 1 amide bonds. The smallest absolute Gasteiger partial charge is 0.303 e. The van der Waals surface area contributed by atoms with Gasteiger partial charge in [0.1, 0.15) is 0 Å². The molecule has 1 heterocycles. The largest absolute Gasteiger partial charge is 0.481 e. The summed E-state index contributed by atoms with van der Waals surface area (Å²) in [5.41, 5.74) is 5.43. The van der Waals surface area contributed by atoms with Gasteiger partial charge in [0.25, 0.3) is 0 Å². The number of likely N-dealkylation sites (tertiary alicyclic amines) is 1. The lowest BCUT2D eigenvalue weighted by Gasteiger charge is -2.34. The average Bonchev–Trinajstić information content (AvgIpc) is 3.17. The maximum Gasteiger partial charge on any atom is 0.303 e. The third-order valence-corrected chi connectivity index (χ3v) is 4.37. The molecule has 0 spiro atoms. The van der Waals surface area contributed by atoms with Gasteiger partial charge in [0, 0.05) is 26.1 Å². The van der Waals surface area contributed by atoms with Crippen molar-refractivity contribution in [1.29, 1.82) is 0 Å². The summed E-state index contributed by atoms with van der Waals surface area (Å²) < 4.78 is 0. The van der Waals surface area contributed by atoms with Gasteiger partial charge in [-0.25, -0.2) is 0 Å². The fourth-order valence-corrected chi connectivity index (χ4v) is 2.74. The van der Waals surface area contributed by atoms with Crippen molar-refractivity contribution in [2.75, 3.05) is 19.6 Å². The van der Waals surface area contributed by atoms with Crippen LogP contribution < -0.4 is 5.73 Å². The summed E-state index contributed by atoms with van der Waals surface area (Å²) in [5, 5.41) is 8.65. The summed E-state index contributed by atoms with van der Waals surface area (Å²) in [4.78, 5) is 24.7. The van der Waals surface area contributed by atoms with Crippen molar-refractivity contribution in [1.82, 2.24) is 4.90 Å². The highest BCUT2D eigenvalue weighted by molar-refractivity contribution is 5.85. The van der Waals surface area contributed by atoms with Crippen LogP contribution in [0.15, 0.2) is 0 Å². The van der Waals surface area contributed by atoms with E-state index in [1.54, 1.807) is 0 Å². The quantitative estimate of drug-likeness (QED) is 0.761. The predicted molar refractivity (Wildman–Crippen MR) is 66.9 cm³/mol. The third kappa shape index (κ3) is 2.83. The molecule has 1 saturated heterocycles. The van der Waals surface area contributed by atoms with E-state index in [0.717, 1.165) is 45.2 Å². The van der Waals surface area contributed by atoms with Crippen LogP contribution in [-0.2, 0) is 9.59 Å². The van der Waals surface area contributed by atoms with Gasteiger partial charge in [-0.2, -0.15) is 0 Å². The summed E-state index contributed by atoms with van der Waals surface area (Å²) in [5.74, 6) is -0.0477. The van der Waals surface area contributed by atoms with Crippen LogP contribution in [0, 0.1) is 11.3 Å². The summed E-state index contributed by atoms with van der Waals surface area (Å²) in [7, 11) is 0. The molecule has 1 saturated carbocycles. The van der Waals surface area contributed by atoms with Crippen molar-refractivity contribution in [3.63, 3.8) is 0 Å². The molecule has 0 unspecified atom stereocenters. The highest BCUT2D eigenvalue weighted by Crippen LogP contribution is 2.46. The number of carboxylic acids is 1. The number of aliphatic carboxylic acids is 1. The Morgan fingerprint density at radius 3 is 2.33 bits per heavy atom. The van der Waals surface area contributed by atoms with Crippen molar-refractivity contribution >= 4 is 11.9 Å². The lowest BCUT2D eigenvalue weighted by Crippen LogP contribution is -2.44. The Labute approximate surface area is 107 Å². The van der Waals surface area contributed by atoms with Crippen molar-refractivity contribution in [2.24, 2.45) is 17.1 Å². The normalized spacial score (nSPS) is 22.8. The molecule has 1 aliphatic heterocycles. The minimum absolute atomic E-state index is 0.224. The minimum atomic E-state index is -0.728. The first-order valence-corrected chi connectivity index (χ1v) is 6.79. The molecule has 1 aliphatic carbocycles. The Kier molecular flexibility index (Phi) is 3.90. The summed E-state index contributed by atoms with van der Waals surface area (Å²) in [6.07, 6.45) is 4.70. The molecule has 18 heavy (non-hydrogen) atoms. The number of hydrogen-bond donors (Lipinski definition) is 2. The maximum absolute atomic E-state index is 12.2. The zero-order valence-corrected chi connectivity index (χ0v) is 10.7.